The van der Waals surface area contributed by atoms with Crippen molar-refractivity contribution in [3.05, 3.63) is 16.8 Å². The number of hydrogen-bond donors (Lipinski definition) is 1. The van der Waals surface area contributed by atoms with E-state index in [2.05, 4.69) is 20.2 Å². The van der Waals surface area contributed by atoms with Crippen molar-refractivity contribution in [2.75, 3.05) is 38.3 Å². The molecule has 1 N–H and O–H groups in total. The van der Waals surface area contributed by atoms with Crippen LogP contribution in [0.3, 0.4) is 0 Å². The molecule has 2 aromatic heterocycles. The molecule has 1 aliphatic carbocycles. The van der Waals surface area contributed by atoms with Gasteiger partial charge in [-0.05, 0) is 44.1 Å². The number of ether oxygens (including phenoxy) is 1. The first-order chi connectivity index (χ1) is 12.8. The molecule has 26 heavy (non-hydrogen) atoms. The van der Waals surface area contributed by atoms with E-state index in [0.29, 0.717) is 13.2 Å². The third kappa shape index (κ3) is 3.42. The fourth-order valence-corrected chi connectivity index (χ4v) is 5.34. The number of amides is 1. The van der Waals surface area contributed by atoms with E-state index in [1.165, 1.54) is 35.1 Å². The van der Waals surface area contributed by atoms with Gasteiger partial charge in [-0.3, -0.25) is 4.79 Å². The maximum absolute atomic E-state index is 12.5. The van der Waals surface area contributed by atoms with Gasteiger partial charge in [-0.2, -0.15) is 0 Å². The summed E-state index contributed by atoms with van der Waals surface area (Å²) in [5, 5.41) is 4.23. The monoisotopic (exact) mass is 374 g/mol. The lowest BCUT2D eigenvalue weighted by molar-refractivity contribution is -0.125. The summed E-state index contributed by atoms with van der Waals surface area (Å²) in [5.74, 6) is 1.17. The van der Waals surface area contributed by atoms with Crippen LogP contribution in [0.1, 0.15) is 36.1 Å². The molecule has 2 aromatic rings. The minimum absolute atomic E-state index is 0.0140. The van der Waals surface area contributed by atoms with Gasteiger partial charge in [-0.1, -0.05) is 0 Å². The van der Waals surface area contributed by atoms with Gasteiger partial charge in [0, 0.05) is 31.6 Å². The van der Waals surface area contributed by atoms with Crippen LogP contribution in [0.5, 0.6) is 0 Å². The molecule has 0 spiro atoms. The predicted octanol–water partition coefficient (Wildman–Crippen LogP) is 2.55. The van der Waals surface area contributed by atoms with Crippen LogP contribution in [-0.4, -0.2) is 49.2 Å². The lowest BCUT2D eigenvalue weighted by Gasteiger charge is -2.33. The molecular formula is C19H26N4O2S. The highest BCUT2D eigenvalue weighted by molar-refractivity contribution is 7.19. The number of nitrogens with zero attached hydrogens (tertiary/aromatic N) is 3. The molecule has 4 rings (SSSR count). The molecule has 140 valence electrons. The minimum atomic E-state index is 0.0140. The van der Waals surface area contributed by atoms with Crippen molar-refractivity contribution in [2.45, 2.75) is 38.5 Å². The molecule has 1 aliphatic heterocycles. The number of carbonyl (C=O) groups excluding carboxylic acids is 1. The van der Waals surface area contributed by atoms with Gasteiger partial charge >= 0.3 is 0 Å². The smallest absolute Gasteiger partial charge is 0.224 e. The van der Waals surface area contributed by atoms with Crippen molar-refractivity contribution in [3.63, 3.8) is 0 Å². The molecular weight excluding hydrogens is 348 g/mol. The Bertz CT molecular complexity index is 791. The van der Waals surface area contributed by atoms with Crippen molar-refractivity contribution < 1.29 is 9.53 Å². The van der Waals surface area contributed by atoms with E-state index in [1.54, 1.807) is 13.4 Å². The van der Waals surface area contributed by atoms with Gasteiger partial charge in [-0.15, -0.1) is 11.3 Å². The number of hydrogen-bond acceptors (Lipinski definition) is 6. The normalized spacial score (nSPS) is 20.2. The summed E-state index contributed by atoms with van der Waals surface area (Å²) in [6.45, 7) is 2.81. The zero-order valence-corrected chi connectivity index (χ0v) is 16.1. The topological polar surface area (TPSA) is 67.3 Å². The van der Waals surface area contributed by atoms with E-state index in [-0.39, 0.29) is 11.8 Å². The zero-order chi connectivity index (χ0) is 17.9. The molecule has 1 atom stereocenters. The molecule has 7 heteroatoms. The van der Waals surface area contributed by atoms with Crippen LogP contribution in [0.4, 0.5) is 5.82 Å². The second-order valence-corrected chi connectivity index (χ2v) is 8.24. The first kappa shape index (κ1) is 17.7. The molecule has 6 nitrogen and oxygen atoms in total. The average molecular weight is 375 g/mol. The molecule has 3 heterocycles. The Balaban J connectivity index is 1.57. The highest BCUT2D eigenvalue weighted by atomic mass is 32.1. The quantitative estimate of drug-likeness (QED) is 0.815. The third-order valence-corrected chi connectivity index (χ3v) is 6.63. The van der Waals surface area contributed by atoms with Gasteiger partial charge < -0.3 is 15.0 Å². The van der Waals surface area contributed by atoms with Crippen molar-refractivity contribution >= 4 is 33.3 Å². The second kappa shape index (κ2) is 7.88. The fourth-order valence-electron chi connectivity index (χ4n) is 4.12. The molecule has 1 fully saturated rings. The van der Waals surface area contributed by atoms with Gasteiger partial charge in [0.05, 0.1) is 17.9 Å². The van der Waals surface area contributed by atoms with Gasteiger partial charge in [-0.25, -0.2) is 9.97 Å². The summed E-state index contributed by atoms with van der Waals surface area (Å²) < 4.78 is 5.02. The largest absolute Gasteiger partial charge is 0.383 e. The highest BCUT2D eigenvalue weighted by Crippen LogP contribution is 2.40. The van der Waals surface area contributed by atoms with Crippen LogP contribution in [-0.2, 0) is 22.4 Å². The standard InChI is InChI=1S/C19H26N4O2S/c1-25-10-8-20-18(24)13-5-4-9-23(11-13)17-16-14-6-2-3-7-15(14)26-19(16)22-12-21-17/h12-13H,2-11H2,1H3,(H,20,24)/t13-/m1/s1. The van der Waals surface area contributed by atoms with E-state index < -0.39 is 0 Å². The lowest BCUT2D eigenvalue weighted by atomic mass is 9.95. The summed E-state index contributed by atoms with van der Waals surface area (Å²) in [6, 6.07) is 0. The lowest BCUT2D eigenvalue weighted by Crippen LogP contribution is -2.44. The van der Waals surface area contributed by atoms with Crippen molar-refractivity contribution in [1.29, 1.82) is 0 Å². The van der Waals surface area contributed by atoms with Crippen LogP contribution in [0.25, 0.3) is 10.2 Å². The van der Waals surface area contributed by atoms with Gasteiger partial charge in [0.2, 0.25) is 5.91 Å². The first-order valence-corrected chi connectivity index (χ1v) is 10.4. The van der Waals surface area contributed by atoms with Gasteiger partial charge in [0.15, 0.2) is 0 Å². The second-order valence-electron chi connectivity index (χ2n) is 7.16. The number of piperidine rings is 1. The number of anilines is 1. The summed E-state index contributed by atoms with van der Waals surface area (Å²) in [6.07, 6.45) is 8.45. The van der Waals surface area contributed by atoms with Crippen molar-refractivity contribution in [1.82, 2.24) is 15.3 Å². The molecule has 1 amide bonds. The number of aromatic nitrogens is 2. The van der Waals surface area contributed by atoms with E-state index >= 15 is 0 Å². The molecule has 2 aliphatic rings. The molecule has 0 radical (unpaired) electrons. The predicted molar refractivity (Wildman–Crippen MR) is 104 cm³/mol. The van der Waals surface area contributed by atoms with Crippen molar-refractivity contribution in [3.8, 4) is 0 Å². The van der Waals surface area contributed by atoms with Crippen LogP contribution in [0, 0.1) is 5.92 Å². The zero-order valence-electron chi connectivity index (χ0n) is 15.3. The molecule has 0 bridgehead atoms. The van der Waals surface area contributed by atoms with Crippen molar-refractivity contribution in [2.24, 2.45) is 5.92 Å². The third-order valence-electron chi connectivity index (χ3n) is 5.43. The Morgan fingerprint density at radius 1 is 1.35 bits per heavy atom. The summed E-state index contributed by atoms with van der Waals surface area (Å²) >= 11 is 1.83. The van der Waals surface area contributed by atoms with Crippen LogP contribution in [0.2, 0.25) is 0 Å². The van der Waals surface area contributed by atoms with E-state index in [0.717, 1.165) is 43.0 Å². The molecule has 0 unspecified atom stereocenters. The minimum Gasteiger partial charge on any atom is -0.383 e. The van der Waals surface area contributed by atoms with E-state index in [4.69, 9.17) is 4.74 Å². The van der Waals surface area contributed by atoms with E-state index in [1.807, 2.05) is 11.3 Å². The number of methoxy groups -OCH3 is 1. The van der Waals surface area contributed by atoms with Crippen LogP contribution >= 0.6 is 11.3 Å². The first-order valence-electron chi connectivity index (χ1n) is 9.54. The number of thiophene rings is 1. The Morgan fingerprint density at radius 2 is 2.23 bits per heavy atom. The number of rotatable bonds is 5. The Kier molecular flexibility index (Phi) is 5.36. The SMILES string of the molecule is COCCNC(=O)[C@@H]1CCCN(c2ncnc3sc4c(c23)CCCC4)C1. The maximum Gasteiger partial charge on any atom is 0.224 e. The Morgan fingerprint density at radius 3 is 3.12 bits per heavy atom. The summed E-state index contributed by atoms with van der Waals surface area (Å²) in [7, 11) is 1.65. The average Bonchev–Trinajstić information content (AvgIpc) is 3.07. The van der Waals surface area contributed by atoms with E-state index in [9.17, 15) is 4.79 Å². The highest BCUT2D eigenvalue weighted by Gasteiger charge is 2.29. The Labute approximate surface area is 158 Å². The van der Waals surface area contributed by atoms with Gasteiger partial charge in [0.1, 0.15) is 17.0 Å². The Hall–Kier alpha value is -1.73. The number of nitrogens with one attached hydrogen (secondary N) is 1. The number of fused-ring (bicyclic) bond motifs is 3. The van der Waals surface area contributed by atoms with Crippen LogP contribution < -0.4 is 10.2 Å². The summed E-state index contributed by atoms with van der Waals surface area (Å²) in [4.78, 5) is 26.5. The fraction of sp³-hybridized carbons (Fsp3) is 0.632. The number of carbonyl (C=O) groups is 1. The van der Waals surface area contributed by atoms with Gasteiger partial charge in [0.25, 0.3) is 0 Å². The summed E-state index contributed by atoms with van der Waals surface area (Å²) in [5.41, 5.74) is 1.46. The maximum atomic E-state index is 12.5. The molecule has 0 aromatic carbocycles. The molecule has 1 saturated heterocycles. The van der Waals surface area contributed by atoms with Crippen LogP contribution in [0.15, 0.2) is 6.33 Å². The molecule has 0 saturated carbocycles. The number of aryl methyl sites for hydroxylation is 2.